The van der Waals surface area contributed by atoms with E-state index in [9.17, 15) is 0 Å². The summed E-state index contributed by atoms with van der Waals surface area (Å²) in [5.74, 6) is 0. The minimum Gasteiger partial charge on any atom is -0.453 e. The fraction of sp³-hybridized carbons (Fsp3) is 1.00. The van der Waals surface area contributed by atoms with Crippen molar-refractivity contribution in [1.29, 1.82) is 0 Å². The molecule has 5 heteroatoms. The fourth-order valence-electron chi connectivity index (χ4n) is 4.52. The summed E-state index contributed by atoms with van der Waals surface area (Å²) in [5.41, 5.74) is 1.25. The van der Waals surface area contributed by atoms with Crippen LogP contribution in [0, 0.1) is 0 Å². The maximum atomic E-state index is 7.10. The van der Waals surface area contributed by atoms with Gasteiger partial charge in [0.2, 0.25) is 0 Å². The van der Waals surface area contributed by atoms with Crippen LogP contribution in [0.3, 0.4) is 0 Å². The van der Waals surface area contributed by atoms with Gasteiger partial charge in [0.05, 0.1) is 0 Å². The third kappa shape index (κ3) is 6.27. The molecule has 0 amide bonds. The van der Waals surface area contributed by atoms with E-state index in [-0.39, 0.29) is 0 Å². The zero-order valence-electron chi connectivity index (χ0n) is 17.7. The first-order valence-electron chi connectivity index (χ1n) is 9.83. The van der Waals surface area contributed by atoms with Crippen molar-refractivity contribution in [3.05, 3.63) is 0 Å². The lowest BCUT2D eigenvalue weighted by Gasteiger charge is -2.47. The largest absolute Gasteiger partial charge is 0.453 e. The third-order valence-corrected chi connectivity index (χ3v) is 14.4. The van der Waals surface area contributed by atoms with Crippen molar-refractivity contribution < 1.29 is 4.12 Å². The number of hydrogen-bond donors (Lipinski definition) is 0. The minimum atomic E-state index is -1.76. The van der Waals surface area contributed by atoms with Crippen molar-refractivity contribution in [2.45, 2.75) is 91.9 Å². The van der Waals surface area contributed by atoms with Crippen LogP contribution in [0.5, 0.6) is 0 Å². The van der Waals surface area contributed by atoms with Crippen molar-refractivity contribution >= 4 is 16.6 Å². The highest BCUT2D eigenvalue weighted by atomic mass is 28.4. The second-order valence-corrected chi connectivity index (χ2v) is 16.2. The van der Waals surface area contributed by atoms with Gasteiger partial charge in [-0.15, -0.1) is 0 Å². The van der Waals surface area contributed by atoms with Crippen molar-refractivity contribution in [2.75, 3.05) is 26.2 Å². The standard InChI is InChI=1S/C18H44N2OSi2/c1-11-17(19(13-3)14-4)22(7,8)21-23(9,10)18(12-2)20(15-5)16-6/h17-18H,11-16H2,1-10H3. The number of nitrogens with zero attached hydrogens (tertiary/aromatic N) is 2. The summed E-state index contributed by atoms with van der Waals surface area (Å²) in [4.78, 5) is 5.24. The molecular weight excluding hydrogens is 316 g/mol. The predicted octanol–water partition coefficient (Wildman–Crippen LogP) is 4.73. The Morgan fingerprint density at radius 2 is 0.870 bits per heavy atom. The van der Waals surface area contributed by atoms with Gasteiger partial charge in [0.15, 0.2) is 16.6 Å². The summed E-state index contributed by atoms with van der Waals surface area (Å²) in [6.07, 6.45) is 2.40. The molecule has 0 saturated carbocycles. The zero-order chi connectivity index (χ0) is 18.3. The van der Waals surface area contributed by atoms with E-state index in [0.717, 1.165) is 26.2 Å². The van der Waals surface area contributed by atoms with Crippen LogP contribution in [0.25, 0.3) is 0 Å². The lowest BCUT2D eigenvalue weighted by molar-refractivity contribution is 0.230. The second kappa shape index (κ2) is 10.3. The van der Waals surface area contributed by atoms with Crippen molar-refractivity contribution in [2.24, 2.45) is 0 Å². The SMILES string of the molecule is CCC(N(CC)CC)[Si](C)(C)O[Si](C)(C)C(CC)N(CC)CC. The summed E-state index contributed by atoms with van der Waals surface area (Å²) >= 11 is 0. The fourth-order valence-corrected chi connectivity index (χ4v) is 15.5. The first-order chi connectivity index (χ1) is 10.6. The third-order valence-electron chi connectivity index (χ3n) is 5.41. The Morgan fingerprint density at radius 1 is 0.609 bits per heavy atom. The quantitative estimate of drug-likeness (QED) is 0.468. The Bertz CT molecular complexity index is 286. The Labute approximate surface area is 149 Å². The molecule has 0 aromatic heterocycles. The van der Waals surface area contributed by atoms with Crippen molar-refractivity contribution in [3.8, 4) is 0 Å². The molecule has 0 spiro atoms. The van der Waals surface area contributed by atoms with E-state index in [1.54, 1.807) is 0 Å². The van der Waals surface area contributed by atoms with Gasteiger partial charge in [-0.3, -0.25) is 0 Å². The number of rotatable bonds is 12. The smallest absolute Gasteiger partial charge is 0.190 e. The molecule has 0 fully saturated rings. The highest BCUT2D eigenvalue weighted by Gasteiger charge is 2.44. The zero-order valence-corrected chi connectivity index (χ0v) is 19.7. The van der Waals surface area contributed by atoms with Gasteiger partial charge in [0.1, 0.15) is 0 Å². The van der Waals surface area contributed by atoms with Crippen molar-refractivity contribution in [1.82, 2.24) is 9.80 Å². The van der Waals surface area contributed by atoms with E-state index >= 15 is 0 Å². The molecule has 0 aliphatic heterocycles. The van der Waals surface area contributed by atoms with Gasteiger partial charge in [-0.1, -0.05) is 41.5 Å². The molecule has 3 nitrogen and oxygen atoms in total. The molecule has 0 N–H and O–H groups in total. The van der Waals surface area contributed by atoms with E-state index in [0.29, 0.717) is 11.3 Å². The molecule has 0 bridgehead atoms. The maximum absolute atomic E-state index is 7.10. The van der Waals surface area contributed by atoms with Crippen LogP contribution in [-0.4, -0.2) is 63.9 Å². The lowest BCUT2D eigenvalue weighted by atomic mass is 10.4. The molecule has 0 aromatic carbocycles. The first kappa shape index (κ1) is 23.3. The molecular formula is C18H44N2OSi2. The molecule has 0 heterocycles. The molecule has 140 valence electrons. The second-order valence-electron chi connectivity index (χ2n) is 7.60. The first-order valence-corrected chi connectivity index (χ1v) is 15.8. The maximum Gasteiger partial charge on any atom is 0.190 e. The van der Waals surface area contributed by atoms with E-state index < -0.39 is 16.6 Å². The van der Waals surface area contributed by atoms with E-state index in [1.165, 1.54) is 12.8 Å². The summed E-state index contributed by atoms with van der Waals surface area (Å²) in [6, 6.07) is 0. The van der Waals surface area contributed by atoms with E-state index in [4.69, 9.17) is 4.12 Å². The van der Waals surface area contributed by atoms with E-state index in [1.807, 2.05) is 0 Å². The Hall–Kier alpha value is 0.314. The minimum absolute atomic E-state index is 0.624. The van der Waals surface area contributed by atoms with Crippen LogP contribution in [0.2, 0.25) is 26.2 Å². The van der Waals surface area contributed by atoms with Gasteiger partial charge in [0, 0.05) is 11.3 Å². The highest BCUT2D eigenvalue weighted by Crippen LogP contribution is 2.28. The van der Waals surface area contributed by atoms with Gasteiger partial charge in [-0.05, 0) is 65.2 Å². The van der Waals surface area contributed by atoms with Crippen molar-refractivity contribution in [3.63, 3.8) is 0 Å². The van der Waals surface area contributed by atoms with Crippen LogP contribution in [0.15, 0.2) is 0 Å². The molecule has 0 aliphatic carbocycles. The monoisotopic (exact) mass is 360 g/mol. The molecule has 2 atom stereocenters. The average molecular weight is 361 g/mol. The van der Waals surface area contributed by atoms with Crippen LogP contribution >= 0.6 is 0 Å². The van der Waals surface area contributed by atoms with Gasteiger partial charge < -0.3 is 13.9 Å². The van der Waals surface area contributed by atoms with Crippen LogP contribution < -0.4 is 0 Å². The van der Waals surface area contributed by atoms with Crippen LogP contribution in [0.4, 0.5) is 0 Å². The van der Waals surface area contributed by atoms with Gasteiger partial charge in [0.25, 0.3) is 0 Å². The molecule has 0 aliphatic rings. The molecule has 23 heavy (non-hydrogen) atoms. The normalized spacial score (nSPS) is 16.2. The predicted molar refractivity (Wildman–Crippen MR) is 110 cm³/mol. The Kier molecular flexibility index (Phi) is 10.5. The molecule has 0 saturated heterocycles. The molecule has 0 rings (SSSR count). The molecule has 2 unspecified atom stereocenters. The van der Waals surface area contributed by atoms with E-state index in [2.05, 4.69) is 77.5 Å². The van der Waals surface area contributed by atoms with Gasteiger partial charge >= 0.3 is 0 Å². The molecule has 0 radical (unpaired) electrons. The average Bonchev–Trinajstić information content (AvgIpc) is 2.47. The number of hydrogen-bond acceptors (Lipinski definition) is 3. The highest BCUT2D eigenvalue weighted by molar-refractivity contribution is 6.86. The summed E-state index contributed by atoms with van der Waals surface area (Å²) < 4.78 is 7.10. The summed E-state index contributed by atoms with van der Waals surface area (Å²) in [7, 11) is -3.53. The topological polar surface area (TPSA) is 15.7 Å². The van der Waals surface area contributed by atoms with Gasteiger partial charge in [-0.25, -0.2) is 0 Å². The summed E-state index contributed by atoms with van der Waals surface area (Å²) in [5, 5.41) is 0. The Balaban J connectivity index is 5.36. The Morgan fingerprint density at radius 3 is 1.04 bits per heavy atom. The van der Waals surface area contributed by atoms with Crippen LogP contribution in [0.1, 0.15) is 54.4 Å². The summed E-state index contributed by atoms with van der Waals surface area (Å²) in [6.45, 7) is 28.1. The van der Waals surface area contributed by atoms with Gasteiger partial charge in [-0.2, -0.15) is 0 Å². The lowest BCUT2D eigenvalue weighted by Crippen LogP contribution is -2.64. The van der Waals surface area contributed by atoms with Crippen LogP contribution in [-0.2, 0) is 4.12 Å². The molecule has 0 aromatic rings.